The highest BCUT2D eigenvalue weighted by Crippen LogP contribution is 2.17. The summed E-state index contributed by atoms with van der Waals surface area (Å²) in [5.41, 5.74) is 3.77. The summed E-state index contributed by atoms with van der Waals surface area (Å²) in [5.74, 6) is 6.16. The fraction of sp³-hybridized carbons (Fsp3) is 0.250. The van der Waals surface area contributed by atoms with Crippen LogP contribution in [0.2, 0.25) is 0 Å². The van der Waals surface area contributed by atoms with Crippen molar-refractivity contribution in [3.63, 3.8) is 0 Å². The van der Waals surface area contributed by atoms with E-state index in [4.69, 9.17) is 4.74 Å². The Morgan fingerprint density at radius 2 is 1.63 bits per heavy atom. The van der Waals surface area contributed by atoms with Crippen LogP contribution in [0.15, 0.2) is 61.2 Å². The number of pyridine rings is 1. The number of carbonyl (C=O) groups is 1. The van der Waals surface area contributed by atoms with Gasteiger partial charge in [-0.05, 0) is 55.7 Å². The SMILES string of the molecule is CC(=O)NC(C)Cc1ccc(C#Cc2cnc(OC(C)c3ccncc3)nc2)cc1. The van der Waals surface area contributed by atoms with Gasteiger partial charge in [0, 0.05) is 43.3 Å². The highest BCUT2D eigenvalue weighted by molar-refractivity contribution is 5.73. The number of hydrogen-bond acceptors (Lipinski definition) is 5. The van der Waals surface area contributed by atoms with Crippen LogP contribution in [0.4, 0.5) is 0 Å². The molecule has 2 aromatic heterocycles. The molecule has 1 N–H and O–H groups in total. The van der Waals surface area contributed by atoms with Gasteiger partial charge in [0.05, 0.1) is 5.56 Å². The van der Waals surface area contributed by atoms with E-state index in [0.717, 1.165) is 23.1 Å². The van der Waals surface area contributed by atoms with Gasteiger partial charge in [-0.15, -0.1) is 0 Å². The van der Waals surface area contributed by atoms with Crippen LogP contribution in [0.1, 0.15) is 49.1 Å². The molecule has 0 saturated carbocycles. The minimum Gasteiger partial charge on any atom is -0.456 e. The van der Waals surface area contributed by atoms with Gasteiger partial charge in [-0.3, -0.25) is 9.78 Å². The average molecular weight is 400 g/mol. The Morgan fingerprint density at radius 1 is 1.00 bits per heavy atom. The molecule has 6 heteroatoms. The van der Waals surface area contributed by atoms with Gasteiger partial charge in [-0.2, -0.15) is 0 Å². The van der Waals surface area contributed by atoms with Crippen LogP contribution < -0.4 is 10.1 Å². The molecule has 3 aromatic rings. The second-order valence-electron chi connectivity index (χ2n) is 7.05. The monoisotopic (exact) mass is 400 g/mol. The van der Waals surface area contributed by atoms with Gasteiger partial charge in [0.1, 0.15) is 6.10 Å². The van der Waals surface area contributed by atoms with Crippen molar-refractivity contribution in [2.75, 3.05) is 0 Å². The smallest absolute Gasteiger partial charge is 0.316 e. The fourth-order valence-electron chi connectivity index (χ4n) is 2.92. The summed E-state index contributed by atoms with van der Waals surface area (Å²) in [4.78, 5) is 23.6. The number of hydrogen-bond donors (Lipinski definition) is 1. The number of rotatable bonds is 6. The Bertz CT molecular complexity index is 1020. The fourth-order valence-corrected chi connectivity index (χ4v) is 2.92. The lowest BCUT2D eigenvalue weighted by Gasteiger charge is -2.12. The third-order valence-corrected chi connectivity index (χ3v) is 4.38. The van der Waals surface area contributed by atoms with E-state index in [2.05, 4.69) is 32.1 Å². The zero-order chi connectivity index (χ0) is 21.3. The molecule has 0 aliphatic rings. The normalized spacial score (nSPS) is 12.2. The van der Waals surface area contributed by atoms with Crippen LogP contribution >= 0.6 is 0 Å². The molecule has 0 radical (unpaired) electrons. The highest BCUT2D eigenvalue weighted by Gasteiger charge is 2.08. The van der Waals surface area contributed by atoms with Crippen LogP contribution in [0.25, 0.3) is 0 Å². The number of carbonyl (C=O) groups excluding carboxylic acids is 1. The van der Waals surface area contributed by atoms with E-state index in [0.29, 0.717) is 11.6 Å². The summed E-state index contributed by atoms with van der Waals surface area (Å²) < 4.78 is 5.76. The van der Waals surface area contributed by atoms with E-state index in [1.807, 2.05) is 50.2 Å². The lowest BCUT2D eigenvalue weighted by atomic mass is 10.1. The zero-order valence-electron chi connectivity index (χ0n) is 17.3. The van der Waals surface area contributed by atoms with Gasteiger partial charge < -0.3 is 10.1 Å². The molecular formula is C24H24N4O2. The van der Waals surface area contributed by atoms with Crippen LogP contribution in [0, 0.1) is 11.8 Å². The topological polar surface area (TPSA) is 77.0 Å². The summed E-state index contributed by atoms with van der Waals surface area (Å²) in [6.45, 7) is 5.45. The number of benzene rings is 1. The molecule has 0 aliphatic heterocycles. The first-order valence-electron chi connectivity index (χ1n) is 9.76. The van der Waals surface area contributed by atoms with Crippen molar-refractivity contribution in [3.05, 3.63) is 83.4 Å². The molecule has 0 spiro atoms. The summed E-state index contributed by atoms with van der Waals surface area (Å²) in [7, 11) is 0. The number of aromatic nitrogens is 3. The Balaban J connectivity index is 1.57. The van der Waals surface area contributed by atoms with Crippen molar-refractivity contribution in [3.8, 4) is 17.9 Å². The van der Waals surface area contributed by atoms with Crippen LogP contribution in [0.5, 0.6) is 6.01 Å². The summed E-state index contributed by atoms with van der Waals surface area (Å²) in [6.07, 6.45) is 7.36. The molecule has 6 nitrogen and oxygen atoms in total. The highest BCUT2D eigenvalue weighted by atomic mass is 16.5. The third-order valence-electron chi connectivity index (χ3n) is 4.38. The predicted octanol–water partition coefficient (Wildman–Crippen LogP) is 3.48. The summed E-state index contributed by atoms with van der Waals surface area (Å²) >= 11 is 0. The van der Waals surface area contributed by atoms with Gasteiger partial charge in [-0.1, -0.05) is 24.0 Å². The van der Waals surface area contributed by atoms with Gasteiger partial charge in [0.15, 0.2) is 0 Å². The van der Waals surface area contributed by atoms with E-state index < -0.39 is 0 Å². The van der Waals surface area contributed by atoms with Crippen LogP contribution in [-0.4, -0.2) is 26.9 Å². The third kappa shape index (κ3) is 6.42. The molecule has 1 amide bonds. The van der Waals surface area contributed by atoms with E-state index in [-0.39, 0.29) is 18.1 Å². The standard InChI is InChI=1S/C24H24N4O2/c1-17(28-19(3)29)14-21-7-4-20(5-8-21)6-9-22-15-26-24(27-16-22)30-18(2)23-10-12-25-13-11-23/h4-5,7-8,10-13,15-18H,14H2,1-3H3,(H,28,29). The Hall–Kier alpha value is -3.72. The lowest BCUT2D eigenvalue weighted by Crippen LogP contribution is -2.31. The average Bonchev–Trinajstić information content (AvgIpc) is 2.74. The summed E-state index contributed by atoms with van der Waals surface area (Å²) in [6, 6.07) is 12.2. The minimum atomic E-state index is -0.170. The van der Waals surface area contributed by atoms with E-state index in [9.17, 15) is 4.79 Å². The molecule has 2 heterocycles. The van der Waals surface area contributed by atoms with Crippen molar-refractivity contribution >= 4 is 5.91 Å². The quantitative estimate of drug-likeness (QED) is 0.641. The Morgan fingerprint density at radius 3 is 2.27 bits per heavy atom. The number of nitrogens with zero attached hydrogens (tertiary/aromatic N) is 3. The summed E-state index contributed by atoms with van der Waals surface area (Å²) in [5, 5.41) is 2.88. The van der Waals surface area contributed by atoms with Crippen LogP contribution in [0.3, 0.4) is 0 Å². The largest absolute Gasteiger partial charge is 0.456 e. The van der Waals surface area contributed by atoms with E-state index in [1.54, 1.807) is 24.8 Å². The molecule has 0 fully saturated rings. The second kappa shape index (κ2) is 10.2. The molecule has 0 bridgehead atoms. The zero-order valence-corrected chi connectivity index (χ0v) is 17.3. The molecule has 0 saturated heterocycles. The maximum atomic E-state index is 11.1. The molecule has 2 atom stereocenters. The predicted molar refractivity (Wildman–Crippen MR) is 115 cm³/mol. The van der Waals surface area contributed by atoms with Crippen molar-refractivity contribution in [2.45, 2.75) is 39.3 Å². The Labute approximate surface area is 176 Å². The maximum Gasteiger partial charge on any atom is 0.316 e. The molecule has 0 aliphatic carbocycles. The molecule has 2 unspecified atom stereocenters. The number of ether oxygens (including phenoxy) is 1. The molecule has 3 rings (SSSR count). The lowest BCUT2D eigenvalue weighted by molar-refractivity contribution is -0.119. The maximum absolute atomic E-state index is 11.1. The molecule has 152 valence electrons. The Kier molecular flexibility index (Phi) is 7.12. The first-order valence-corrected chi connectivity index (χ1v) is 9.76. The van der Waals surface area contributed by atoms with Crippen molar-refractivity contribution < 1.29 is 9.53 Å². The second-order valence-corrected chi connectivity index (χ2v) is 7.05. The van der Waals surface area contributed by atoms with Gasteiger partial charge in [0.25, 0.3) is 0 Å². The van der Waals surface area contributed by atoms with Crippen LogP contribution in [-0.2, 0) is 11.2 Å². The van der Waals surface area contributed by atoms with Gasteiger partial charge in [-0.25, -0.2) is 9.97 Å². The van der Waals surface area contributed by atoms with Gasteiger partial charge in [0.2, 0.25) is 5.91 Å². The first kappa shape index (κ1) is 21.0. The van der Waals surface area contributed by atoms with Gasteiger partial charge >= 0.3 is 6.01 Å². The molecular weight excluding hydrogens is 376 g/mol. The van der Waals surface area contributed by atoms with E-state index >= 15 is 0 Å². The molecule has 1 aromatic carbocycles. The minimum absolute atomic E-state index is 0.0181. The van der Waals surface area contributed by atoms with Crippen molar-refractivity contribution in [1.29, 1.82) is 0 Å². The number of amides is 1. The van der Waals surface area contributed by atoms with Crippen molar-refractivity contribution in [2.24, 2.45) is 0 Å². The van der Waals surface area contributed by atoms with Crippen molar-refractivity contribution in [1.82, 2.24) is 20.3 Å². The van der Waals surface area contributed by atoms with E-state index in [1.165, 1.54) is 6.92 Å². The molecule has 30 heavy (non-hydrogen) atoms. The first-order chi connectivity index (χ1) is 14.5. The number of nitrogens with one attached hydrogen (secondary N) is 1.